The molecule has 2 aromatic rings. The van der Waals surface area contributed by atoms with E-state index in [2.05, 4.69) is 10.3 Å². The van der Waals surface area contributed by atoms with Crippen molar-refractivity contribution in [3.8, 4) is 11.5 Å². The number of amides is 2. The van der Waals surface area contributed by atoms with E-state index in [1.54, 1.807) is 18.2 Å². The van der Waals surface area contributed by atoms with Gasteiger partial charge in [0.15, 0.2) is 11.5 Å². The van der Waals surface area contributed by atoms with Gasteiger partial charge in [-0.05, 0) is 44.5 Å². The standard InChI is InChI=1S/C23H24N4O5/c1-14-4-2-6-20(24-14)25-22(29)15-5-3-7-26(12-15)13-27-17-11-19-18(31-8-9-32-19)10-16(17)21(28)23(27)30/h2,4,6,10-11,15H,3,5,7-9,12-13H2,1H3,(H,24,25,29). The molecular weight excluding hydrogens is 412 g/mol. The molecule has 4 heterocycles. The predicted molar refractivity (Wildman–Crippen MR) is 116 cm³/mol. The molecule has 9 heteroatoms. The second-order valence-corrected chi connectivity index (χ2v) is 8.29. The first-order valence-corrected chi connectivity index (χ1v) is 10.8. The van der Waals surface area contributed by atoms with Gasteiger partial charge in [0.05, 0.1) is 23.8 Å². The van der Waals surface area contributed by atoms with Crippen LogP contribution >= 0.6 is 0 Å². The number of hydrogen-bond donors (Lipinski definition) is 1. The van der Waals surface area contributed by atoms with E-state index in [4.69, 9.17) is 9.47 Å². The number of carbonyl (C=O) groups excluding carboxylic acids is 3. The number of piperidine rings is 1. The Kier molecular flexibility index (Phi) is 5.26. The predicted octanol–water partition coefficient (Wildman–Crippen LogP) is 2.00. The molecule has 166 valence electrons. The lowest BCUT2D eigenvalue weighted by molar-refractivity contribution is -0.121. The molecule has 1 N–H and O–H groups in total. The summed E-state index contributed by atoms with van der Waals surface area (Å²) >= 11 is 0. The number of nitrogens with zero attached hydrogens (tertiary/aromatic N) is 3. The average molecular weight is 436 g/mol. The van der Waals surface area contributed by atoms with Gasteiger partial charge < -0.3 is 14.8 Å². The van der Waals surface area contributed by atoms with E-state index in [-0.39, 0.29) is 18.5 Å². The first-order valence-electron chi connectivity index (χ1n) is 10.8. The van der Waals surface area contributed by atoms with Crippen LogP contribution in [0.5, 0.6) is 11.5 Å². The summed E-state index contributed by atoms with van der Waals surface area (Å²) in [5.74, 6) is 0.123. The highest BCUT2D eigenvalue weighted by molar-refractivity contribution is 6.52. The van der Waals surface area contributed by atoms with Crippen LogP contribution in [-0.4, -0.2) is 60.5 Å². The van der Waals surface area contributed by atoms with Gasteiger partial charge in [0.1, 0.15) is 19.0 Å². The largest absolute Gasteiger partial charge is 0.486 e. The molecule has 1 aromatic heterocycles. The summed E-state index contributed by atoms with van der Waals surface area (Å²) < 4.78 is 11.2. The number of hydrogen-bond acceptors (Lipinski definition) is 7. The molecule has 1 aromatic carbocycles. The third-order valence-electron chi connectivity index (χ3n) is 5.99. The van der Waals surface area contributed by atoms with Gasteiger partial charge in [-0.3, -0.25) is 24.2 Å². The highest BCUT2D eigenvalue weighted by atomic mass is 16.6. The SMILES string of the molecule is Cc1cccc(NC(=O)C2CCCN(CN3C(=O)C(=O)c4cc5c(cc43)OCCO5)C2)n1. The number of carbonyl (C=O) groups is 3. The average Bonchev–Trinajstić information content (AvgIpc) is 3.02. The Morgan fingerprint density at radius 2 is 1.97 bits per heavy atom. The van der Waals surface area contributed by atoms with Gasteiger partial charge >= 0.3 is 5.91 Å². The highest BCUT2D eigenvalue weighted by Gasteiger charge is 2.39. The van der Waals surface area contributed by atoms with Gasteiger partial charge in [-0.25, -0.2) is 4.98 Å². The zero-order valence-corrected chi connectivity index (χ0v) is 17.8. The molecule has 32 heavy (non-hydrogen) atoms. The van der Waals surface area contributed by atoms with Crippen LogP contribution in [-0.2, 0) is 9.59 Å². The van der Waals surface area contributed by atoms with E-state index in [0.717, 1.165) is 25.1 Å². The lowest BCUT2D eigenvalue weighted by Gasteiger charge is -2.34. The molecule has 0 aliphatic carbocycles. The van der Waals surface area contributed by atoms with Crippen LogP contribution in [0.15, 0.2) is 30.3 Å². The van der Waals surface area contributed by atoms with E-state index in [0.29, 0.717) is 48.3 Å². The van der Waals surface area contributed by atoms with Crippen LogP contribution in [0.4, 0.5) is 11.5 Å². The smallest absolute Gasteiger partial charge is 0.300 e. The fourth-order valence-corrected chi connectivity index (χ4v) is 4.41. The van der Waals surface area contributed by atoms with Gasteiger partial charge in [-0.2, -0.15) is 0 Å². The number of fused-ring (bicyclic) bond motifs is 2. The van der Waals surface area contributed by atoms with E-state index >= 15 is 0 Å². The summed E-state index contributed by atoms with van der Waals surface area (Å²) in [6, 6.07) is 8.78. The number of ether oxygens (including phenoxy) is 2. The number of aromatic nitrogens is 1. The van der Waals surface area contributed by atoms with Crippen LogP contribution in [0, 0.1) is 12.8 Å². The van der Waals surface area contributed by atoms with Crippen molar-refractivity contribution in [1.29, 1.82) is 0 Å². The molecule has 3 aliphatic heterocycles. The van der Waals surface area contributed by atoms with Gasteiger partial charge in [0, 0.05) is 18.3 Å². The topological polar surface area (TPSA) is 101 Å². The maximum atomic E-state index is 12.8. The number of nitrogens with one attached hydrogen (secondary N) is 1. The normalized spacial score (nSPS) is 20.3. The lowest BCUT2D eigenvalue weighted by Crippen LogP contribution is -2.47. The van der Waals surface area contributed by atoms with Crippen LogP contribution in [0.3, 0.4) is 0 Å². The summed E-state index contributed by atoms with van der Waals surface area (Å²) in [7, 11) is 0. The molecule has 1 saturated heterocycles. The van der Waals surface area contributed by atoms with Crippen molar-refractivity contribution in [1.82, 2.24) is 9.88 Å². The number of rotatable bonds is 4. The molecule has 1 unspecified atom stereocenters. The van der Waals surface area contributed by atoms with Gasteiger partial charge in [-0.1, -0.05) is 6.07 Å². The maximum Gasteiger partial charge on any atom is 0.300 e. The Morgan fingerprint density at radius 1 is 1.19 bits per heavy atom. The molecule has 0 bridgehead atoms. The molecule has 0 saturated carbocycles. The van der Waals surface area contributed by atoms with E-state index in [9.17, 15) is 14.4 Å². The molecule has 5 rings (SSSR count). The van der Waals surface area contributed by atoms with E-state index in [1.165, 1.54) is 4.90 Å². The molecular formula is C23H24N4O5. The van der Waals surface area contributed by atoms with E-state index < -0.39 is 11.7 Å². The summed E-state index contributed by atoms with van der Waals surface area (Å²) in [4.78, 5) is 45.9. The lowest BCUT2D eigenvalue weighted by atomic mass is 9.97. The number of likely N-dealkylation sites (tertiary alicyclic amines) is 1. The first-order chi connectivity index (χ1) is 15.5. The molecule has 9 nitrogen and oxygen atoms in total. The number of Topliss-reactive ketones (excluding diaryl/α,β-unsaturated/α-hetero) is 1. The summed E-state index contributed by atoms with van der Waals surface area (Å²) in [6.07, 6.45) is 1.58. The molecule has 1 atom stereocenters. The minimum absolute atomic E-state index is 0.0864. The van der Waals surface area contributed by atoms with Gasteiger partial charge in [-0.15, -0.1) is 0 Å². The Hall–Kier alpha value is -3.46. The monoisotopic (exact) mass is 436 g/mol. The number of pyridine rings is 1. The highest BCUT2D eigenvalue weighted by Crippen LogP contribution is 2.40. The fourth-order valence-electron chi connectivity index (χ4n) is 4.41. The van der Waals surface area contributed by atoms with Gasteiger partial charge in [0.2, 0.25) is 5.91 Å². The zero-order valence-electron chi connectivity index (χ0n) is 17.8. The molecule has 1 fully saturated rings. The van der Waals surface area contributed by atoms with Crippen molar-refractivity contribution in [2.24, 2.45) is 5.92 Å². The molecule has 0 spiro atoms. The van der Waals surface area contributed by atoms with Crippen LogP contribution in [0.1, 0.15) is 28.9 Å². The quantitative estimate of drug-likeness (QED) is 0.732. The van der Waals surface area contributed by atoms with Crippen molar-refractivity contribution in [2.45, 2.75) is 19.8 Å². The maximum absolute atomic E-state index is 12.8. The summed E-state index contributed by atoms with van der Waals surface area (Å²) in [5.41, 5.74) is 1.69. The van der Waals surface area contributed by atoms with Crippen molar-refractivity contribution in [2.75, 3.05) is 43.2 Å². The van der Waals surface area contributed by atoms with Crippen LogP contribution in [0.2, 0.25) is 0 Å². The zero-order chi connectivity index (χ0) is 22.2. The summed E-state index contributed by atoms with van der Waals surface area (Å²) in [6.45, 7) is 4.18. The Morgan fingerprint density at radius 3 is 2.75 bits per heavy atom. The molecule has 3 aliphatic rings. The number of aryl methyl sites for hydroxylation is 1. The minimum atomic E-state index is -0.571. The Bertz CT molecular complexity index is 1100. The minimum Gasteiger partial charge on any atom is -0.486 e. The van der Waals surface area contributed by atoms with Gasteiger partial charge in [0.25, 0.3) is 5.78 Å². The van der Waals surface area contributed by atoms with Crippen LogP contribution < -0.4 is 19.7 Å². The third-order valence-corrected chi connectivity index (χ3v) is 5.99. The Labute approximate surface area is 185 Å². The van der Waals surface area contributed by atoms with E-state index in [1.807, 2.05) is 24.0 Å². The second kappa shape index (κ2) is 8.23. The Balaban J connectivity index is 1.30. The number of anilines is 2. The summed E-state index contributed by atoms with van der Waals surface area (Å²) in [5, 5.41) is 2.89. The number of benzene rings is 1. The number of ketones is 1. The first kappa shape index (κ1) is 20.4. The second-order valence-electron chi connectivity index (χ2n) is 8.29. The van der Waals surface area contributed by atoms with Crippen molar-refractivity contribution in [3.63, 3.8) is 0 Å². The van der Waals surface area contributed by atoms with Crippen molar-refractivity contribution < 1.29 is 23.9 Å². The van der Waals surface area contributed by atoms with Crippen molar-refractivity contribution in [3.05, 3.63) is 41.6 Å². The third kappa shape index (κ3) is 3.80. The molecule has 2 amide bonds. The molecule has 0 radical (unpaired) electrons. The fraction of sp³-hybridized carbons (Fsp3) is 0.391. The van der Waals surface area contributed by atoms with Crippen molar-refractivity contribution >= 4 is 29.1 Å². The van der Waals surface area contributed by atoms with Crippen LogP contribution in [0.25, 0.3) is 0 Å².